The lowest BCUT2D eigenvalue weighted by molar-refractivity contribution is 0.121. The van der Waals surface area contributed by atoms with E-state index in [9.17, 15) is 0 Å². The van der Waals surface area contributed by atoms with E-state index in [0.717, 1.165) is 11.7 Å². The van der Waals surface area contributed by atoms with Crippen molar-refractivity contribution in [3.8, 4) is 0 Å². The molecule has 132 valence electrons. The maximum absolute atomic E-state index is 4.71. The van der Waals surface area contributed by atoms with Gasteiger partial charge in [0.25, 0.3) is 0 Å². The number of nitrogens with zero attached hydrogens (tertiary/aromatic N) is 5. The van der Waals surface area contributed by atoms with Gasteiger partial charge < -0.3 is 4.90 Å². The number of piperidine rings is 1. The molecule has 0 radical (unpaired) electrons. The Balaban J connectivity index is 1.37. The minimum atomic E-state index is 0.528. The smallest absolute Gasteiger partial charge is 0.229 e. The Morgan fingerprint density at radius 2 is 1.56 bits per heavy atom. The van der Waals surface area contributed by atoms with E-state index in [1.807, 2.05) is 6.20 Å². The van der Waals surface area contributed by atoms with Crippen LogP contribution in [-0.4, -0.2) is 44.0 Å². The monoisotopic (exact) mass is 338 g/mol. The van der Waals surface area contributed by atoms with Gasteiger partial charge in [-0.1, -0.05) is 19.3 Å². The molecule has 2 fully saturated rings. The molecule has 1 aliphatic heterocycles. The first-order chi connectivity index (χ1) is 12.4. The van der Waals surface area contributed by atoms with Gasteiger partial charge in [-0.2, -0.15) is 0 Å². The fourth-order valence-corrected chi connectivity index (χ4v) is 4.13. The first kappa shape index (κ1) is 16.4. The molecule has 1 saturated carbocycles. The molecule has 0 atom stereocenters. The highest BCUT2D eigenvalue weighted by Gasteiger charge is 2.27. The molecule has 3 heterocycles. The zero-order valence-electron chi connectivity index (χ0n) is 14.6. The summed E-state index contributed by atoms with van der Waals surface area (Å²) in [4.78, 5) is 20.1. The second-order valence-electron chi connectivity index (χ2n) is 7.10. The predicted molar refractivity (Wildman–Crippen MR) is 97.8 cm³/mol. The van der Waals surface area contributed by atoms with Gasteiger partial charge in [0.2, 0.25) is 11.9 Å². The number of hydrogen-bond acceptors (Lipinski definition) is 6. The average Bonchev–Trinajstić information content (AvgIpc) is 2.70. The molecule has 4 rings (SSSR count). The van der Waals surface area contributed by atoms with Gasteiger partial charge in [-0.15, -0.1) is 0 Å². The minimum Gasteiger partial charge on any atom is -0.300 e. The molecular weight excluding hydrogens is 312 g/mol. The third-order valence-electron chi connectivity index (χ3n) is 5.51. The minimum absolute atomic E-state index is 0.528. The molecule has 0 aromatic carbocycles. The van der Waals surface area contributed by atoms with Crippen LogP contribution >= 0.6 is 0 Å². The van der Waals surface area contributed by atoms with Crippen molar-refractivity contribution < 1.29 is 0 Å². The van der Waals surface area contributed by atoms with E-state index >= 15 is 0 Å². The number of likely N-dealkylation sites (tertiary alicyclic amines) is 1. The lowest BCUT2D eigenvalue weighted by atomic mass is 9.89. The van der Waals surface area contributed by atoms with Crippen LogP contribution in [0, 0.1) is 0 Å². The van der Waals surface area contributed by atoms with Crippen LogP contribution in [0.2, 0.25) is 0 Å². The summed E-state index contributed by atoms with van der Waals surface area (Å²) in [6.07, 6.45) is 14.7. The topological polar surface area (TPSA) is 66.8 Å². The van der Waals surface area contributed by atoms with Gasteiger partial charge in [0.15, 0.2) is 0 Å². The fourth-order valence-electron chi connectivity index (χ4n) is 4.13. The van der Waals surface area contributed by atoms with Crippen molar-refractivity contribution in [2.45, 2.75) is 56.9 Å². The highest BCUT2D eigenvalue weighted by atomic mass is 15.2. The number of anilines is 2. The molecule has 1 aliphatic carbocycles. The molecule has 0 amide bonds. The molecule has 0 spiro atoms. The summed E-state index contributed by atoms with van der Waals surface area (Å²) in [5, 5.41) is 3.09. The third-order valence-corrected chi connectivity index (χ3v) is 5.51. The van der Waals surface area contributed by atoms with Crippen molar-refractivity contribution in [2.24, 2.45) is 0 Å². The van der Waals surface area contributed by atoms with Crippen LogP contribution in [0.15, 0.2) is 30.7 Å². The van der Waals surface area contributed by atoms with Crippen molar-refractivity contribution in [3.63, 3.8) is 0 Å². The van der Waals surface area contributed by atoms with E-state index in [2.05, 4.69) is 31.2 Å². The Hall–Kier alpha value is -2.08. The largest absolute Gasteiger partial charge is 0.300 e. The van der Waals surface area contributed by atoms with E-state index in [-0.39, 0.29) is 0 Å². The van der Waals surface area contributed by atoms with Crippen LogP contribution in [0.3, 0.4) is 0 Å². The summed E-state index contributed by atoms with van der Waals surface area (Å²) < 4.78 is 0. The van der Waals surface area contributed by atoms with Crippen molar-refractivity contribution in [1.29, 1.82) is 0 Å². The van der Waals surface area contributed by atoms with E-state index in [4.69, 9.17) is 4.98 Å². The lowest BCUT2D eigenvalue weighted by Crippen LogP contribution is -2.42. The van der Waals surface area contributed by atoms with Crippen LogP contribution in [0.5, 0.6) is 0 Å². The molecule has 2 aliphatic rings. The Kier molecular flexibility index (Phi) is 5.16. The summed E-state index contributed by atoms with van der Waals surface area (Å²) >= 11 is 0. The Morgan fingerprint density at radius 3 is 2.32 bits per heavy atom. The van der Waals surface area contributed by atoms with Crippen molar-refractivity contribution >= 4 is 11.9 Å². The van der Waals surface area contributed by atoms with Gasteiger partial charge in [0.1, 0.15) is 0 Å². The zero-order valence-corrected chi connectivity index (χ0v) is 14.6. The summed E-state index contributed by atoms with van der Waals surface area (Å²) in [6.45, 7) is 2.40. The van der Waals surface area contributed by atoms with E-state index in [0.29, 0.717) is 17.8 Å². The van der Waals surface area contributed by atoms with Gasteiger partial charge in [-0.05, 0) is 50.9 Å². The van der Waals surface area contributed by atoms with Gasteiger partial charge >= 0.3 is 0 Å². The van der Waals surface area contributed by atoms with Crippen LogP contribution in [0.25, 0.3) is 0 Å². The van der Waals surface area contributed by atoms with E-state index in [1.54, 1.807) is 18.5 Å². The quantitative estimate of drug-likeness (QED) is 0.920. The maximum atomic E-state index is 4.71. The fraction of sp³-hybridized carbons (Fsp3) is 0.579. The third kappa shape index (κ3) is 4.12. The van der Waals surface area contributed by atoms with E-state index < -0.39 is 0 Å². The lowest BCUT2D eigenvalue weighted by Gasteiger charge is -2.39. The SMILES string of the molecule is c1cnc(Nc2nccc(C3CCN(C4CCCCC4)CC3)n2)nc1. The molecule has 1 N–H and O–H groups in total. The van der Waals surface area contributed by atoms with Crippen LogP contribution in [0.4, 0.5) is 11.9 Å². The molecule has 2 aromatic rings. The standard InChI is InChI=1S/C19H26N6/c1-2-5-16(6-3-1)25-13-8-15(9-14-25)17-7-12-22-19(23-17)24-18-20-10-4-11-21-18/h4,7,10-12,15-16H,1-3,5-6,8-9,13-14H2,(H,20,21,22,23,24). The first-order valence-corrected chi connectivity index (χ1v) is 9.49. The van der Waals surface area contributed by atoms with Crippen LogP contribution in [-0.2, 0) is 0 Å². The molecule has 2 aromatic heterocycles. The normalized spacial score (nSPS) is 20.5. The molecule has 6 nitrogen and oxygen atoms in total. The highest BCUT2D eigenvalue weighted by Crippen LogP contribution is 2.31. The molecule has 1 saturated heterocycles. The Morgan fingerprint density at radius 1 is 0.840 bits per heavy atom. The number of aromatic nitrogens is 4. The Bertz CT molecular complexity index is 663. The van der Waals surface area contributed by atoms with Crippen LogP contribution in [0.1, 0.15) is 56.6 Å². The second-order valence-corrected chi connectivity index (χ2v) is 7.10. The average molecular weight is 338 g/mol. The summed E-state index contributed by atoms with van der Waals surface area (Å²) in [5.74, 6) is 1.64. The molecule has 6 heteroatoms. The summed E-state index contributed by atoms with van der Waals surface area (Å²) in [5.41, 5.74) is 1.14. The second kappa shape index (κ2) is 7.87. The number of rotatable bonds is 4. The number of nitrogens with one attached hydrogen (secondary N) is 1. The van der Waals surface area contributed by atoms with Gasteiger partial charge in [-0.3, -0.25) is 5.32 Å². The highest BCUT2D eigenvalue weighted by molar-refractivity contribution is 5.41. The zero-order chi connectivity index (χ0) is 16.9. The summed E-state index contributed by atoms with van der Waals surface area (Å²) in [6, 6.07) is 4.67. The van der Waals surface area contributed by atoms with E-state index in [1.165, 1.54) is 58.0 Å². The maximum Gasteiger partial charge on any atom is 0.229 e. The molecule has 0 bridgehead atoms. The van der Waals surface area contributed by atoms with Crippen LogP contribution < -0.4 is 5.32 Å². The Labute approximate surface area is 149 Å². The number of hydrogen-bond donors (Lipinski definition) is 1. The first-order valence-electron chi connectivity index (χ1n) is 9.49. The van der Waals surface area contributed by atoms with Crippen molar-refractivity contribution in [3.05, 3.63) is 36.4 Å². The molecule has 0 unspecified atom stereocenters. The summed E-state index contributed by atoms with van der Waals surface area (Å²) in [7, 11) is 0. The van der Waals surface area contributed by atoms with Gasteiger partial charge in [0.05, 0.1) is 0 Å². The van der Waals surface area contributed by atoms with Crippen molar-refractivity contribution in [1.82, 2.24) is 24.8 Å². The molecule has 25 heavy (non-hydrogen) atoms. The van der Waals surface area contributed by atoms with Gasteiger partial charge in [0, 0.05) is 36.2 Å². The predicted octanol–water partition coefficient (Wildman–Crippen LogP) is 3.52. The van der Waals surface area contributed by atoms with Crippen molar-refractivity contribution in [2.75, 3.05) is 18.4 Å². The molecular formula is C19H26N6. The van der Waals surface area contributed by atoms with Gasteiger partial charge in [-0.25, -0.2) is 19.9 Å².